The lowest BCUT2D eigenvalue weighted by Gasteiger charge is -2.30. The molecule has 1 aliphatic rings. The van der Waals surface area contributed by atoms with Gasteiger partial charge in [-0.15, -0.1) is 0 Å². The zero-order valence-electron chi connectivity index (χ0n) is 11.4. The molecule has 0 unspecified atom stereocenters. The van der Waals surface area contributed by atoms with Crippen molar-refractivity contribution in [1.29, 1.82) is 0 Å². The molecule has 3 rings (SSSR count). The molecular weight excluding hydrogens is 290 g/mol. The predicted octanol–water partition coefficient (Wildman–Crippen LogP) is 2.10. The Morgan fingerprint density at radius 2 is 1.86 bits per heavy atom. The van der Waals surface area contributed by atoms with Gasteiger partial charge in [-0.3, -0.25) is 4.79 Å². The number of benzene rings is 1. The highest BCUT2D eigenvalue weighted by Gasteiger charge is 2.28. The molecule has 6 heteroatoms. The molecule has 2 aromatic rings. The lowest BCUT2D eigenvalue weighted by atomic mass is 10.2. The Morgan fingerprint density at radius 1 is 1.14 bits per heavy atom. The van der Waals surface area contributed by atoms with Crippen molar-refractivity contribution < 1.29 is 17.6 Å². The van der Waals surface area contributed by atoms with Crippen LogP contribution in [0.1, 0.15) is 22.5 Å². The van der Waals surface area contributed by atoms with E-state index in [0.717, 1.165) is 6.42 Å². The maximum absolute atomic E-state index is 12.4. The zero-order valence-corrected chi connectivity index (χ0v) is 12.2. The van der Waals surface area contributed by atoms with Gasteiger partial charge in [0.25, 0.3) is 5.91 Å². The van der Waals surface area contributed by atoms with E-state index in [-0.39, 0.29) is 22.3 Å². The molecule has 0 spiro atoms. The summed E-state index contributed by atoms with van der Waals surface area (Å²) in [6.45, 7) is 1.40. The standard InChI is InChI=1S/C15H15NO4S/c17-15(16-8-4-9-16)14-12(7-10-20-14)11-21(18,19)13-5-2-1-3-6-13/h1-3,5-7,10H,4,8-9,11H2. The second-order valence-corrected chi connectivity index (χ2v) is 6.98. The predicted molar refractivity (Wildman–Crippen MR) is 76.6 cm³/mol. The summed E-state index contributed by atoms with van der Waals surface area (Å²) in [7, 11) is -3.48. The van der Waals surface area contributed by atoms with E-state index >= 15 is 0 Å². The van der Waals surface area contributed by atoms with E-state index in [1.54, 1.807) is 41.3 Å². The van der Waals surface area contributed by atoms with Crippen molar-refractivity contribution >= 4 is 15.7 Å². The average Bonchev–Trinajstić information content (AvgIpc) is 2.85. The highest BCUT2D eigenvalue weighted by atomic mass is 32.2. The molecule has 2 heterocycles. The molecule has 0 atom stereocenters. The summed E-state index contributed by atoms with van der Waals surface area (Å²) in [6, 6.07) is 9.75. The van der Waals surface area contributed by atoms with Gasteiger partial charge in [0.15, 0.2) is 15.6 Å². The van der Waals surface area contributed by atoms with E-state index in [9.17, 15) is 13.2 Å². The van der Waals surface area contributed by atoms with Gasteiger partial charge in [-0.25, -0.2) is 8.42 Å². The molecule has 0 saturated carbocycles. The topological polar surface area (TPSA) is 67.6 Å². The van der Waals surface area contributed by atoms with Gasteiger partial charge in [0, 0.05) is 18.7 Å². The van der Waals surface area contributed by atoms with Gasteiger partial charge >= 0.3 is 0 Å². The van der Waals surface area contributed by atoms with E-state index in [2.05, 4.69) is 0 Å². The lowest BCUT2D eigenvalue weighted by Crippen LogP contribution is -2.42. The third-order valence-corrected chi connectivity index (χ3v) is 5.21. The van der Waals surface area contributed by atoms with Gasteiger partial charge in [-0.05, 0) is 24.6 Å². The van der Waals surface area contributed by atoms with Gasteiger partial charge in [0.2, 0.25) is 0 Å². The van der Waals surface area contributed by atoms with Gasteiger partial charge in [-0.2, -0.15) is 0 Å². The first-order valence-corrected chi connectivity index (χ1v) is 8.36. The molecular formula is C15H15NO4S. The highest BCUT2D eigenvalue weighted by molar-refractivity contribution is 7.90. The van der Waals surface area contributed by atoms with Crippen LogP contribution in [-0.2, 0) is 15.6 Å². The second kappa shape index (κ2) is 5.37. The molecule has 1 aromatic heterocycles. The van der Waals surface area contributed by atoms with Crippen LogP contribution in [0.2, 0.25) is 0 Å². The molecule has 21 heavy (non-hydrogen) atoms. The maximum Gasteiger partial charge on any atom is 0.289 e. The number of furan rings is 1. The third-order valence-electron chi connectivity index (χ3n) is 3.53. The summed E-state index contributed by atoms with van der Waals surface area (Å²) in [4.78, 5) is 14.1. The summed E-state index contributed by atoms with van der Waals surface area (Å²) in [5.41, 5.74) is 0.413. The first kappa shape index (κ1) is 13.9. The monoisotopic (exact) mass is 305 g/mol. The van der Waals surface area contributed by atoms with E-state index in [4.69, 9.17) is 4.42 Å². The minimum Gasteiger partial charge on any atom is -0.459 e. The van der Waals surface area contributed by atoms with Gasteiger partial charge in [0.1, 0.15) is 0 Å². The van der Waals surface area contributed by atoms with Gasteiger partial charge < -0.3 is 9.32 Å². The Kier molecular flexibility index (Phi) is 3.55. The molecule has 5 nitrogen and oxygen atoms in total. The minimum atomic E-state index is -3.48. The number of carbonyl (C=O) groups is 1. The average molecular weight is 305 g/mol. The van der Waals surface area contributed by atoms with Crippen molar-refractivity contribution in [2.45, 2.75) is 17.1 Å². The SMILES string of the molecule is O=C(c1occc1CS(=O)(=O)c1ccccc1)N1CCC1. The van der Waals surface area contributed by atoms with Crippen molar-refractivity contribution in [2.75, 3.05) is 13.1 Å². The minimum absolute atomic E-state index is 0.134. The third kappa shape index (κ3) is 2.71. The van der Waals surface area contributed by atoms with Gasteiger partial charge in [0.05, 0.1) is 16.9 Å². The normalized spacial score (nSPS) is 14.8. The van der Waals surface area contributed by atoms with Crippen molar-refractivity contribution in [3.05, 3.63) is 54.0 Å². The Morgan fingerprint density at radius 3 is 2.48 bits per heavy atom. The summed E-state index contributed by atoms with van der Waals surface area (Å²) in [5.74, 6) is -0.332. The quantitative estimate of drug-likeness (QED) is 0.867. The fourth-order valence-electron chi connectivity index (χ4n) is 2.22. The molecule has 0 N–H and O–H groups in total. The van der Waals surface area contributed by atoms with Crippen LogP contribution in [0.4, 0.5) is 0 Å². The Bertz CT molecular complexity index is 745. The molecule has 1 amide bonds. The molecule has 1 aliphatic heterocycles. The fraction of sp³-hybridized carbons (Fsp3) is 0.267. The first-order chi connectivity index (χ1) is 10.1. The molecule has 1 fully saturated rings. The summed E-state index contributed by atoms with van der Waals surface area (Å²) < 4.78 is 29.9. The van der Waals surface area contributed by atoms with Crippen LogP contribution in [0, 0.1) is 0 Å². The van der Waals surface area contributed by atoms with Crippen LogP contribution in [0.15, 0.2) is 52.0 Å². The van der Waals surface area contributed by atoms with Crippen LogP contribution >= 0.6 is 0 Å². The van der Waals surface area contributed by atoms with Crippen LogP contribution < -0.4 is 0 Å². The number of rotatable bonds is 4. The zero-order chi connectivity index (χ0) is 14.9. The summed E-state index contributed by atoms with van der Waals surface area (Å²) in [6.07, 6.45) is 2.34. The Hall–Kier alpha value is -2.08. The first-order valence-electron chi connectivity index (χ1n) is 6.71. The molecule has 0 bridgehead atoms. The molecule has 1 aromatic carbocycles. The highest BCUT2D eigenvalue weighted by Crippen LogP contribution is 2.22. The molecule has 0 aliphatic carbocycles. The Labute approximate surface area is 123 Å². The van der Waals surface area contributed by atoms with Crippen LogP contribution in [0.5, 0.6) is 0 Å². The number of amides is 1. The summed E-state index contributed by atoms with van der Waals surface area (Å²) >= 11 is 0. The van der Waals surface area contributed by atoms with E-state index in [0.29, 0.717) is 18.7 Å². The largest absolute Gasteiger partial charge is 0.459 e. The smallest absolute Gasteiger partial charge is 0.289 e. The number of hydrogen-bond acceptors (Lipinski definition) is 4. The van der Waals surface area contributed by atoms with E-state index in [1.165, 1.54) is 6.26 Å². The number of nitrogens with zero attached hydrogens (tertiary/aromatic N) is 1. The summed E-state index contributed by atoms with van der Waals surface area (Å²) in [5, 5.41) is 0. The number of carbonyl (C=O) groups excluding carboxylic acids is 1. The number of sulfone groups is 1. The molecule has 1 saturated heterocycles. The lowest BCUT2D eigenvalue weighted by molar-refractivity contribution is 0.0617. The number of likely N-dealkylation sites (tertiary alicyclic amines) is 1. The van der Waals surface area contributed by atoms with E-state index in [1.807, 2.05) is 0 Å². The van der Waals surface area contributed by atoms with Crippen LogP contribution in [0.25, 0.3) is 0 Å². The maximum atomic E-state index is 12.4. The van der Waals surface area contributed by atoms with Crippen LogP contribution in [-0.4, -0.2) is 32.3 Å². The molecule has 110 valence electrons. The second-order valence-electron chi connectivity index (χ2n) is 4.99. The molecule has 0 radical (unpaired) electrons. The fourth-order valence-corrected chi connectivity index (χ4v) is 3.59. The van der Waals surface area contributed by atoms with Crippen molar-refractivity contribution in [1.82, 2.24) is 4.90 Å². The van der Waals surface area contributed by atoms with Crippen molar-refractivity contribution in [3.8, 4) is 0 Å². The van der Waals surface area contributed by atoms with Crippen molar-refractivity contribution in [2.24, 2.45) is 0 Å². The van der Waals surface area contributed by atoms with Crippen molar-refractivity contribution in [3.63, 3.8) is 0 Å². The Balaban J connectivity index is 1.86. The van der Waals surface area contributed by atoms with Crippen LogP contribution in [0.3, 0.4) is 0 Å². The van der Waals surface area contributed by atoms with Gasteiger partial charge in [-0.1, -0.05) is 18.2 Å². The van der Waals surface area contributed by atoms with E-state index < -0.39 is 9.84 Å². The number of hydrogen-bond donors (Lipinski definition) is 0.